The second kappa shape index (κ2) is 8.39. The van der Waals surface area contributed by atoms with Crippen LogP contribution in [0.15, 0.2) is 30.3 Å². The van der Waals surface area contributed by atoms with Crippen molar-refractivity contribution in [3.8, 4) is 0 Å². The van der Waals surface area contributed by atoms with E-state index >= 15 is 0 Å². The van der Waals surface area contributed by atoms with Crippen LogP contribution in [-0.4, -0.2) is 44.8 Å². The van der Waals surface area contributed by atoms with Gasteiger partial charge in [-0.3, -0.25) is 4.79 Å². The van der Waals surface area contributed by atoms with Crippen molar-refractivity contribution >= 4 is 46.7 Å². The Balaban J connectivity index is 2.46. The van der Waals surface area contributed by atoms with Gasteiger partial charge in [-0.2, -0.15) is 0 Å². The molecule has 1 atom stereocenters. The third-order valence-corrected chi connectivity index (χ3v) is 3.39. The number of anilines is 1. The summed E-state index contributed by atoms with van der Waals surface area (Å²) < 4.78 is 0. The van der Waals surface area contributed by atoms with Gasteiger partial charge in [-0.1, -0.05) is 18.2 Å². The number of nitrogens with one attached hydrogen (secondary N) is 2. The first-order chi connectivity index (χ1) is 9.49. The smallest absolute Gasteiger partial charge is 0.327 e. The second-order valence-electron chi connectivity index (χ2n) is 3.76. The van der Waals surface area contributed by atoms with Gasteiger partial charge in [0.05, 0.1) is 5.75 Å². The topological polar surface area (TPSA) is 98.7 Å². The van der Waals surface area contributed by atoms with E-state index in [1.165, 1.54) is 0 Å². The molecule has 0 saturated carbocycles. The number of carboxylic acids is 2. The van der Waals surface area contributed by atoms with E-state index in [0.29, 0.717) is 0 Å². The molecule has 0 aliphatic rings. The van der Waals surface area contributed by atoms with Crippen molar-refractivity contribution in [2.45, 2.75) is 6.04 Å². The summed E-state index contributed by atoms with van der Waals surface area (Å²) in [5.41, 5.74) is 0.743. The molecule has 1 aromatic carbocycles. The van der Waals surface area contributed by atoms with Gasteiger partial charge in [0.1, 0.15) is 6.04 Å². The quantitative estimate of drug-likeness (QED) is 0.558. The van der Waals surface area contributed by atoms with Crippen molar-refractivity contribution in [3.05, 3.63) is 30.3 Å². The predicted octanol–water partition coefficient (Wildman–Crippen LogP) is 1.24. The lowest BCUT2D eigenvalue weighted by Gasteiger charge is -2.16. The van der Waals surface area contributed by atoms with Crippen LogP contribution in [0.3, 0.4) is 0 Å². The highest BCUT2D eigenvalue weighted by molar-refractivity contribution is 8.00. The third kappa shape index (κ3) is 6.39. The van der Waals surface area contributed by atoms with Gasteiger partial charge in [-0.05, 0) is 24.4 Å². The summed E-state index contributed by atoms with van der Waals surface area (Å²) in [6.07, 6.45) is 0. The van der Waals surface area contributed by atoms with Crippen molar-refractivity contribution < 1.29 is 19.8 Å². The molecular formula is C12H14N2O4S2. The Labute approximate surface area is 125 Å². The number of rotatable bonds is 7. The summed E-state index contributed by atoms with van der Waals surface area (Å²) in [6.45, 7) is 0. The van der Waals surface area contributed by atoms with Crippen molar-refractivity contribution in [2.24, 2.45) is 0 Å². The van der Waals surface area contributed by atoms with E-state index in [1.807, 2.05) is 18.2 Å². The summed E-state index contributed by atoms with van der Waals surface area (Å²) in [5.74, 6) is -2.10. The number of thiocarbonyl (C=S) groups is 1. The molecule has 6 nitrogen and oxygen atoms in total. The standard InChI is InChI=1S/C12H14N2O4S2/c15-10(16)7-20-6-9(11(17)18)14-12(19)13-8-4-2-1-3-5-8/h1-5,9H,6-7H2,(H,15,16)(H,17,18)(H2,13,14,19)/t9-/m0/s1. The first kappa shape index (κ1) is 16.3. The summed E-state index contributed by atoms with van der Waals surface area (Å²) in [4.78, 5) is 21.4. The molecule has 108 valence electrons. The zero-order chi connectivity index (χ0) is 15.0. The average Bonchev–Trinajstić information content (AvgIpc) is 2.38. The van der Waals surface area contributed by atoms with E-state index in [1.54, 1.807) is 12.1 Å². The summed E-state index contributed by atoms with van der Waals surface area (Å²) >= 11 is 6.04. The highest BCUT2D eigenvalue weighted by Crippen LogP contribution is 2.06. The van der Waals surface area contributed by atoms with Crippen molar-refractivity contribution in [3.63, 3.8) is 0 Å². The maximum Gasteiger partial charge on any atom is 0.327 e. The molecule has 4 N–H and O–H groups in total. The molecule has 0 unspecified atom stereocenters. The first-order valence-corrected chi connectivity index (χ1v) is 7.20. The number of hydrogen-bond acceptors (Lipinski definition) is 4. The number of para-hydroxylation sites is 1. The van der Waals surface area contributed by atoms with Gasteiger partial charge < -0.3 is 20.8 Å². The van der Waals surface area contributed by atoms with E-state index in [-0.39, 0.29) is 16.6 Å². The van der Waals surface area contributed by atoms with Gasteiger partial charge in [0.25, 0.3) is 0 Å². The SMILES string of the molecule is O=C(O)CSC[C@H](NC(=S)Nc1ccccc1)C(=O)O. The minimum Gasteiger partial charge on any atom is -0.481 e. The molecule has 0 aromatic heterocycles. The lowest BCUT2D eigenvalue weighted by atomic mass is 10.3. The number of carboxylic acid groups (broad SMARTS) is 2. The normalized spacial score (nSPS) is 11.4. The van der Waals surface area contributed by atoms with Crippen molar-refractivity contribution in [1.82, 2.24) is 5.32 Å². The van der Waals surface area contributed by atoms with Gasteiger partial charge in [-0.25, -0.2) is 4.79 Å². The van der Waals surface area contributed by atoms with Gasteiger partial charge in [0.2, 0.25) is 0 Å². The first-order valence-electron chi connectivity index (χ1n) is 5.64. The zero-order valence-corrected chi connectivity index (χ0v) is 12.0. The van der Waals surface area contributed by atoms with E-state index in [2.05, 4.69) is 10.6 Å². The van der Waals surface area contributed by atoms with Crippen LogP contribution in [-0.2, 0) is 9.59 Å². The van der Waals surface area contributed by atoms with Gasteiger partial charge >= 0.3 is 11.9 Å². The molecule has 0 heterocycles. The minimum absolute atomic E-state index is 0.109. The molecule has 0 fully saturated rings. The summed E-state index contributed by atoms with van der Waals surface area (Å²) in [5, 5.41) is 23.2. The maximum atomic E-state index is 11.1. The van der Waals surface area contributed by atoms with E-state index in [0.717, 1.165) is 17.4 Å². The number of benzene rings is 1. The fraction of sp³-hybridized carbons (Fsp3) is 0.250. The summed E-state index contributed by atoms with van der Waals surface area (Å²) in [6, 6.07) is 8.14. The van der Waals surface area contributed by atoms with Gasteiger partial charge in [0.15, 0.2) is 5.11 Å². The molecule has 0 aliphatic carbocycles. The van der Waals surface area contributed by atoms with Crippen molar-refractivity contribution in [2.75, 3.05) is 16.8 Å². The molecule has 0 bridgehead atoms. The Morgan fingerprint density at radius 3 is 2.45 bits per heavy atom. The largest absolute Gasteiger partial charge is 0.481 e. The van der Waals surface area contributed by atoms with Crippen LogP contribution >= 0.6 is 24.0 Å². The van der Waals surface area contributed by atoms with Crippen LogP contribution in [0.5, 0.6) is 0 Å². The molecule has 1 rings (SSSR count). The molecular weight excluding hydrogens is 300 g/mol. The van der Waals surface area contributed by atoms with E-state index < -0.39 is 18.0 Å². The number of thioether (sulfide) groups is 1. The van der Waals surface area contributed by atoms with Crippen LogP contribution in [0, 0.1) is 0 Å². The van der Waals surface area contributed by atoms with Crippen LogP contribution < -0.4 is 10.6 Å². The molecule has 0 saturated heterocycles. The fourth-order valence-electron chi connectivity index (χ4n) is 1.29. The molecule has 0 amide bonds. The number of hydrogen-bond donors (Lipinski definition) is 4. The van der Waals surface area contributed by atoms with E-state index in [9.17, 15) is 9.59 Å². The minimum atomic E-state index is -1.08. The maximum absolute atomic E-state index is 11.1. The van der Waals surface area contributed by atoms with Crippen LogP contribution in [0.2, 0.25) is 0 Å². The molecule has 0 radical (unpaired) electrons. The summed E-state index contributed by atoms with van der Waals surface area (Å²) in [7, 11) is 0. The highest BCUT2D eigenvalue weighted by Gasteiger charge is 2.18. The van der Waals surface area contributed by atoms with Crippen molar-refractivity contribution in [1.29, 1.82) is 0 Å². The van der Waals surface area contributed by atoms with E-state index in [4.69, 9.17) is 22.4 Å². The monoisotopic (exact) mass is 314 g/mol. The van der Waals surface area contributed by atoms with Gasteiger partial charge in [-0.15, -0.1) is 11.8 Å². The Bertz CT molecular complexity index is 482. The van der Waals surface area contributed by atoms with Crippen LogP contribution in [0.4, 0.5) is 5.69 Å². The fourth-order valence-corrected chi connectivity index (χ4v) is 2.30. The second-order valence-corrected chi connectivity index (χ2v) is 5.20. The predicted molar refractivity (Wildman–Crippen MR) is 82.2 cm³/mol. The Morgan fingerprint density at radius 1 is 1.25 bits per heavy atom. The third-order valence-electron chi connectivity index (χ3n) is 2.15. The van der Waals surface area contributed by atoms with Gasteiger partial charge in [0, 0.05) is 11.4 Å². The lowest BCUT2D eigenvalue weighted by Crippen LogP contribution is -2.44. The Kier molecular flexibility index (Phi) is 6.82. The molecule has 0 aliphatic heterocycles. The number of carbonyl (C=O) groups is 2. The molecule has 8 heteroatoms. The highest BCUT2D eigenvalue weighted by atomic mass is 32.2. The molecule has 0 spiro atoms. The zero-order valence-electron chi connectivity index (χ0n) is 10.4. The average molecular weight is 314 g/mol. The Morgan fingerprint density at radius 2 is 1.90 bits per heavy atom. The van der Waals surface area contributed by atoms with Crippen LogP contribution in [0.1, 0.15) is 0 Å². The molecule has 20 heavy (non-hydrogen) atoms. The lowest BCUT2D eigenvalue weighted by molar-refractivity contribution is -0.138. The number of aliphatic carboxylic acids is 2. The molecule has 1 aromatic rings. The Hall–Kier alpha value is -1.80. The van der Waals surface area contributed by atoms with Crippen LogP contribution in [0.25, 0.3) is 0 Å².